The third-order valence-electron chi connectivity index (χ3n) is 6.39. The van der Waals surface area contributed by atoms with Crippen LogP contribution in [0, 0.1) is 5.92 Å². The van der Waals surface area contributed by atoms with Crippen LogP contribution in [0.4, 0.5) is 0 Å². The molecule has 2 heterocycles. The second kappa shape index (κ2) is 8.58. The maximum absolute atomic E-state index is 12.0. The molecular formula is C24H27NO5. The van der Waals surface area contributed by atoms with Crippen molar-refractivity contribution in [2.45, 2.75) is 31.5 Å². The number of ether oxygens (including phenoxy) is 2. The molecule has 0 amide bonds. The molecule has 0 bridgehead atoms. The van der Waals surface area contributed by atoms with Crippen molar-refractivity contribution in [3.05, 3.63) is 70.8 Å². The van der Waals surface area contributed by atoms with Gasteiger partial charge in [-0.1, -0.05) is 42.5 Å². The van der Waals surface area contributed by atoms with E-state index in [0.29, 0.717) is 30.7 Å². The Morgan fingerprint density at radius 2 is 1.83 bits per heavy atom. The summed E-state index contributed by atoms with van der Waals surface area (Å²) in [7, 11) is 1.33. The van der Waals surface area contributed by atoms with Crippen molar-refractivity contribution >= 4 is 11.9 Å². The molecule has 2 aliphatic heterocycles. The first-order chi connectivity index (χ1) is 14.5. The number of aliphatic carboxylic acids is 1. The summed E-state index contributed by atoms with van der Waals surface area (Å²) < 4.78 is 11.0. The number of rotatable bonds is 6. The number of nitrogens with zero attached hydrogens (tertiary/aromatic N) is 1. The summed E-state index contributed by atoms with van der Waals surface area (Å²) in [6, 6.07) is 15.4. The molecule has 2 aromatic rings. The van der Waals surface area contributed by atoms with Crippen LogP contribution in [-0.4, -0.2) is 48.7 Å². The van der Waals surface area contributed by atoms with E-state index in [1.54, 1.807) is 18.2 Å². The number of carboxylic acid groups (broad SMARTS) is 1. The maximum atomic E-state index is 12.0. The monoisotopic (exact) mass is 409 g/mol. The predicted octanol–water partition coefficient (Wildman–Crippen LogP) is 3.24. The van der Waals surface area contributed by atoms with Gasteiger partial charge in [0.2, 0.25) is 0 Å². The number of hydrogen-bond donors (Lipinski definition) is 1. The zero-order valence-electron chi connectivity index (χ0n) is 17.2. The molecule has 1 fully saturated rings. The molecular weight excluding hydrogens is 382 g/mol. The van der Waals surface area contributed by atoms with Crippen molar-refractivity contribution in [3.63, 3.8) is 0 Å². The van der Waals surface area contributed by atoms with Crippen LogP contribution in [-0.2, 0) is 32.9 Å². The average Bonchev–Trinajstić information content (AvgIpc) is 3.13. The molecule has 1 atom stereocenters. The highest BCUT2D eigenvalue weighted by Gasteiger charge is 2.42. The summed E-state index contributed by atoms with van der Waals surface area (Å²) in [6.45, 7) is 2.67. The minimum Gasteiger partial charge on any atom is -0.481 e. The molecule has 2 aromatic carbocycles. The zero-order chi connectivity index (χ0) is 21.1. The first-order valence-electron chi connectivity index (χ1n) is 10.4. The molecule has 4 rings (SSSR count). The van der Waals surface area contributed by atoms with Crippen molar-refractivity contribution < 1.29 is 24.2 Å². The largest absolute Gasteiger partial charge is 0.481 e. The highest BCUT2D eigenvalue weighted by Crippen LogP contribution is 2.44. The van der Waals surface area contributed by atoms with Gasteiger partial charge in [0.25, 0.3) is 0 Å². The molecule has 30 heavy (non-hydrogen) atoms. The van der Waals surface area contributed by atoms with Gasteiger partial charge in [0.15, 0.2) is 0 Å². The number of esters is 1. The predicted molar refractivity (Wildman–Crippen MR) is 111 cm³/mol. The summed E-state index contributed by atoms with van der Waals surface area (Å²) in [4.78, 5) is 26.2. The SMILES string of the molecule is COC(=O)c1ccccc1CC(CN1CCC2(CC1)OCc1ccccc12)C(=O)O. The highest BCUT2D eigenvalue weighted by molar-refractivity contribution is 5.91. The van der Waals surface area contributed by atoms with Crippen molar-refractivity contribution in [3.8, 4) is 0 Å². The van der Waals surface area contributed by atoms with E-state index in [9.17, 15) is 14.7 Å². The fourth-order valence-corrected chi connectivity index (χ4v) is 4.71. The Kier molecular flexibility index (Phi) is 5.88. The Morgan fingerprint density at radius 3 is 2.57 bits per heavy atom. The van der Waals surface area contributed by atoms with Gasteiger partial charge in [-0.25, -0.2) is 4.79 Å². The molecule has 0 aromatic heterocycles. The number of methoxy groups -OCH3 is 1. The lowest BCUT2D eigenvalue weighted by molar-refractivity contribution is -0.143. The quantitative estimate of drug-likeness (QED) is 0.739. The molecule has 1 spiro atoms. The van der Waals surface area contributed by atoms with Gasteiger partial charge in [-0.2, -0.15) is 0 Å². The fourth-order valence-electron chi connectivity index (χ4n) is 4.71. The number of piperidine rings is 1. The second-order valence-electron chi connectivity index (χ2n) is 8.13. The third kappa shape index (κ3) is 3.98. The van der Waals surface area contributed by atoms with Crippen molar-refractivity contribution in [1.29, 1.82) is 0 Å². The minimum absolute atomic E-state index is 0.233. The smallest absolute Gasteiger partial charge is 0.338 e. The number of benzene rings is 2. The van der Waals surface area contributed by atoms with Crippen LogP contribution in [0.25, 0.3) is 0 Å². The lowest BCUT2D eigenvalue weighted by atomic mass is 9.83. The Morgan fingerprint density at radius 1 is 1.13 bits per heavy atom. The summed E-state index contributed by atoms with van der Waals surface area (Å²) in [5.41, 5.74) is 3.45. The van der Waals surface area contributed by atoms with Crippen LogP contribution in [0.3, 0.4) is 0 Å². The second-order valence-corrected chi connectivity index (χ2v) is 8.13. The number of fused-ring (bicyclic) bond motifs is 2. The van der Waals surface area contributed by atoms with E-state index in [1.807, 2.05) is 12.1 Å². The summed E-state index contributed by atoms with van der Waals surface area (Å²) >= 11 is 0. The van der Waals surface area contributed by atoms with Gasteiger partial charge in [-0.15, -0.1) is 0 Å². The Labute approximate surface area is 176 Å². The fraction of sp³-hybridized carbons (Fsp3) is 0.417. The van der Waals surface area contributed by atoms with Crippen LogP contribution in [0.1, 0.15) is 39.9 Å². The molecule has 0 radical (unpaired) electrons. The number of hydrogen-bond acceptors (Lipinski definition) is 5. The summed E-state index contributed by atoms with van der Waals surface area (Å²) in [6.07, 6.45) is 2.01. The van der Waals surface area contributed by atoms with E-state index in [-0.39, 0.29) is 5.60 Å². The van der Waals surface area contributed by atoms with Gasteiger partial charge >= 0.3 is 11.9 Å². The van der Waals surface area contributed by atoms with Gasteiger partial charge in [-0.3, -0.25) is 4.79 Å². The van der Waals surface area contributed by atoms with E-state index in [2.05, 4.69) is 23.1 Å². The Bertz CT molecular complexity index is 933. The van der Waals surface area contributed by atoms with Gasteiger partial charge < -0.3 is 19.5 Å². The van der Waals surface area contributed by atoms with Crippen molar-refractivity contribution in [2.75, 3.05) is 26.7 Å². The third-order valence-corrected chi connectivity index (χ3v) is 6.39. The molecule has 2 aliphatic rings. The molecule has 1 N–H and O–H groups in total. The summed E-state index contributed by atoms with van der Waals surface area (Å²) in [5, 5.41) is 9.82. The van der Waals surface area contributed by atoms with Crippen LogP contribution in [0.2, 0.25) is 0 Å². The van der Waals surface area contributed by atoms with Crippen LogP contribution in [0.5, 0.6) is 0 Å². The number of carbonyl (C=O) groups is 2. The van der Waals surface area contributed by atoms with Gasteiger partial charge in [0, 0.05) is 19.6 Å². The first-order valence-corrected chi connectivity index (χ1v) is 10.4. The van der Waals surface area contributed by atoms with E-state index in [4.69, 9.17) is 9.47 Å². The van der Waals surface area contributed by atoms with E-state index in [0.717, 1.165) is 25.9 Å². The van der Waals surface area contributed by atoms with E-state index >= 15 is 0 Å². The molecule has 1 saturated heterocycles. The van der Waals surface area contributed by atoms with Gasteiger partial charge in [-0.05, 0) is 42.0 Å². The van der Waals surface area contributed by atoms with Crippen LogP contribution >= 0.6 is 0 Å². The number of carbonyl (C=O) groups excluding carboxylic acids is 1. The Balaban J connectivity index is 1.43. The van der Waals surface area contributed by atoms with Gasteiger partial charge in [0.05, 0.1) is 30.8 Å². The molecule has 0 saturated carbocycles. The van der Waals surface area contributed by atoms with E-state index < -0.39 is 17.9 Å². The Hall–Kier alpha value is -2.70. The molecule has 6 heteroatoms. The normalized spacial score (nSPS) is 18.7. The van der Waals surface area contributed by atoms with E-state index in [1.165, 1.54) is 18.2 Å². The molecule has 1 unspecified atom stereocenters. The number of likely N-dealkylation sites (tertiary alicyclic amines) is 1. The summed E-state index contributed by atoms with van der Waals surface area (Å²) in [5.74, 6) is -1.88. The topological polar surface area (TPSA) is 76.1 Å². The standard InChI is InChI=1S/C24H27NO5/c1-29-23(28)20-8-4-2-6-17(20)14-19(22(26)27)15-25-12-10-24(11-13-25)21-9-5-3-7-18(21)16-30-24/h2-9,19H,10-16H2,1H3,(H,26,27). The lowest BCUT2D eigenvalue weighted by Gasteiger charge is -2.40. The van der Waals surface area contributed by atoms with Crippen LogP contribution < -0.4 is 0 Å². The zero-order valence-corrected chi connectivity index (χ0v) is 17.2. The maximum Gasteiger partial charge on any atom is 0.338 e. The molecule has 158 valence electrons. The molecule has 6 nitrogen and oxygen atoms in total. The van der Waals surface area contributed by atoms with Crippen molar-refractivity contribution in [1.82, 2.24) is 4.90 Å². The minimum atomic E-state index is -0.850. The lowest BCUT2D eigenvalue weighted by Crippen LogP contribution is -2.45. The first kappa shape index (κ1) is 20.6. The van der Waals surface area contributed by atoms with Gasteiger partial charge in [0.1, 0.15) is 0 Å². The van der Waals surface area contributed by atoms with Crippen molar-refractivity contribution in [2.24, 2.45) is 5.92 Å². The highest BCUT2D eigenvalue weighted by atomic mass is 16.5. The number of carboxylic acids is 1. The average molecular weight is 409 g/mol. The van der Waals surface area contributed by atoms with Crippen LogP contribution in [0.15, 0.2) is 48.5 Å². The molecule has 0 aliphatic carbocycles.